The molecule has 3 aromatic rings. The third kappa shape index (κ3) is 5.69. The number of carbonyl (C=O) groups is 2. The summed E-state index contributed by atoms with van der Waals surface area (Å²) < 4.78 is 47.1. The zero-order chi connectivity index (χ0) is 24.2. The number of nitrogens with zero attached hydrogens (tertiary/aromatic N) is 2. The number of rotatable bonds is 8. The molecule has 0 atom stereocenters. The Morgan fingerprint density at radius 2 is 1.88 bits per heavy atom. The molecule has 1 N–H and O–H groups in total. The van der Waals surface area contributed by atoms with E-state index >= 15 is 0 Å². The third-order valence-corrected chi connectivity index (χ3v) is 5.34. The van der Waals surface area contributed by atoms with Crippen LogP contribution in [0.1, 0.15) is 43.6 Å². The van der Waals surface area contributed by atoms with Crippen LogP contribution in [-0.4, -0.2) is 34.6 Å². The molecule has 1 amide bonds. The number of benzene rings is 1. The summed E-state index contributed by atoms with van der Waals surface area (Å²) in [6, 6.07) is 4.43. The summed E-state index contributed by atoms with van der Waals surface area (Å²) in [6.07, 6.45) is -3.12. The molecule has 0 radical (unpaired) electrons. The maximum Gasteiger partial charge on any atom is 0.573 e. The molecule has 0 aliphatic heterocycles. The number of anilines is 1. The van der Waals surface area contributed by atoms with Crippen LogP contribution in [0.3, 0.4) is 0 Å². The first-order valence-corrected chi connectivity index (χ1v) is 10.9. The third-order valence-electron chi connectivity index (χ3n) is 4.45. The number of hydrogen-bond acceptors (Lipinski definition) is 7. The fraction of sp³-hybridized carbons (Fsp3) is 0.333. The minimum atomic E-state index is -4.87. The van der Waals surface area contributed by atoms with E-state index in [1.165, 1.54) is 17.5 Å². The summed E-state index contributed by atoms with van der Waals surface area (Å²) in [4.78, 5) is 38.0. The normalized spacial score (nSPS) is 11.4. The van der Waals surface area contributed by atoms with E-state index in [1.54, 1.807) is 6.92 Å². The lowest BCUT2D eigenvalue weighted by molar-refractivity contribution is -0.274. The number of amides is 1. The van der Waals surface area contributed by atoms with Gasteiger partial charge in [0.15, 0.2) is 5.69 Å². The van der Waals surface area contributed by atoms with Gasteiger partial charge in [0.1, 0.15) is 10.8 Å². The maximum atomic E-state index is 13.2. The highest BCUT2D eigenvalue weighted by Crippen LogP contribution is 2.31. The monoisotopic (exact) mass is 483 g/mol. The molecule has 0 bridgehead atoms. The van der Waals surface area contributed by atoms with Crippen molar-refractivity contribution in [3.05, 3.63) is 45.7 Å². The van der Waals surface area contributed by atoms with E-state index in [1.807, 2.05) is 6.92 Å². The fourth-order valence-electron chi connectivity index (χ4n) is 2.98. The predicted molar refractivity (Wildman–Crippen MR) is 116 cm³/mol. The minimum absolute atomic E-state index is 0.0542. The SMILES string of the molecule is CCCCC(=O)Nc1scc2c(C(=O)OCC)nn(-c3ccc(OC(F)(F)F)cc3)c(=O)c12. The zero-order valence-corrected chi connectivity index (χ0v) is 18.5. The molecule has 1 aromatic carbocycles. The van der Waals surface area contributed by atoms with Crippen molar-refractivity contribution in [3.8, 4) is 11.4 Å². The van der Waals surface area contributed by atoms with Crippen LogP contribution >= 0.6 is 11.3 Å². The predicted octanol–water partition coefficient (Wildman–Crippen LogP) is 4.65. The number of halogens is 3. The zero-order valence-electron chi connectivity index (χ0n) is 17.7. The van der Waals surface area contributed by atoms with Gasteiger partial charge in [-0.1, -0.05) is 13.3 Å². The molecular formula is C21H20F3N3O5S. The maximum absolute atomic E-state index is 13.2. The lowest BCUT2D eigenvalue weighted by atomic mass is 10.2. The van der Waals surface area contributed by atoms with E-state index in [-0.39, 0.29) is 46.1 Å². The first-order chi connectivity index (χ1) is 15.6. The second-order valence-electron chi connectivity index (χ2n) is 6.83. The summed E-state index contributed by atoms with van der Waals surface area (Å²) in [5.41, 5.74) is -0.724. The van der Waals surface area contributed by atoms with Crippen molar-refractivity contribution in [1.29, 1.82) is 0 Å². The van der Waals surface area contributed by atoms with Gasteiger partial charge in [0, 0.05) is 17.2 Å². The van der Waals surface area contributed by atoms with Gasteiger partial charge in [-0.15, -0.1) is 24.5 Å². The van der Waals surface area contributed by atoms with E-state index in [9.17, 15) is 27.6 Å². The van der Waals surface area contributed by atoms with Gasteiger partial charge in [-0.25, -0.2) is 4.79 Å². The molecule has 0 saturated carbocycles. The van der Waals surface area contributed by atoms with E-state index in [0.717, 1.165) is 34.6 Å². The highest BCUT2D eigenvalue weighted by atomic mass is 32.1. The molecule has 0 aliphatic rings. The van der Waals surface area contributed by atoms with Gasteiger partial charge in [0.2, 0.25) is 5.91 Å². The molecule has 0 unspecified atom stereocenters. The van der Waals surface area contributed by atoms with Crippen LogP contribution < -0.4 is 15.6 Å². The largest absolute Gasteiger partial charge is 0.573 e. The van der Waals surface area contributed by atoms with Crippen molar-refractivity contribution in [2.75, 3.05) is 11.9 Å². The minimum Gasteiger partial charge on any atom is -0.461 e. The van der Waals surface area contributed by atoms with Crippen LogP contribution in [0.5, 0.6) is 5.75 Å². The fourth-order valence-corrected chi connectivity index (χ4v) is 3.94. The Labute approximate surface area is 189 Å². The van der Waals surface area contributed by atoms with Crippen LogP contribution in [0.25, 0.3) is 16.5 Å². The molecule has 2 aromatic heterocycles. The quantitative estimate of drug-likeness (QED) is 0.468. The number of carbonyl (C=O) groups excluding carboxylic acids is 2. The van der Waals surface area contributed by atoms with Crippen LogP contribution in [0, 0.1) is 0 Å². The summed E-state index contributed by atoms with van der Waals surface area (Å²) in [5.74, 6) is -1.55. The number of hydrogen-bond donors (Lipinski definition) is 1. The Morgan fingerprint density at radius 3 is 2.48 bits per heavy atom. The van der Waals surface area contributed by atoms with Crippen LogP contribution in [0.2, 0.25) is 0 Å². The molecule has 0 aliphatic carbocycles. The summed E-state index contributed by atoms with van der Waals surface area (Å²) in [6.45, 7) is 3.61. The first kappa shape index (κ1) is 24.2. The number of fused-ring (bicyclic) bond motifs is 1. The summed E-state index contributed by atoms with van der Waals surface area (Å²) in [5, 5.41) is 8.82. The van der Waals surface area contributed by atoms with Gasteiger partial charge >= 0.3 is 12.3 Å². The molecule has 0 spiro atoms. The average molecular weight is 483 g/mol. The smallest absolute Gasteiger partial charge is 0.461 e. The Kier molecular flexibility index (Phi) is 7.36. The Bertz CT molecular complexity index is 1220. The summed E-state index contributed by atoms with van der Waals surface area (Å²) >= 11 is 1.06. The highest BCUT2D eigenvalue weighted by Gasteiger charge is 2.31. The van der Waals surface area contributed by atoms with E-state index in [2.05, 4.69) is 15.2 Å². The molecule has 12 heteroatoms. The number of aromatic nitrogens is 2. The van der Waals surface area contributed by atoms with Gasteiger partial charge in [0.05, 0.1) is 17.7 Å². The standard InChI is InChI=1S/C21H20F3N3O5S/c1-3-5-6-15(28)25-18-16-14(11-33-18)17(20(30)31-4-2)26-27(19(16)29)12-7-9-13(10-8-12)32-21(22,23)24/h7-11H,3-6H2,1-2H3,(H,25,28). The van der Waals surface area contributed by atoms with Crippen molar-refractivity contribution in [2.45, 2.75) is 39.5 Å². The summed E-state index contributed by atoms with van der Waals surface area (Å²) in [7, 11) is 0. The second-order valence-corrected chi connectivity index (χ2v) is 7.71. The number of nitrogens with one attached hydrogen (secondary N) is 1. The highest BCUT2D eigenvalue weighted by molar-refractivity contribution is 7.16. The van der Waals surface area contributed by atoms with Crippen molar-refractivity contribution >= 4 is 39.0 Å². The number of esters is 1. The number of thiophene rings is 1. The van der Waals surface area contributed by atoms with Crippen LogP contribution in [0.15, 0.2) is 34.4 Å². The lowest BCUT2D eigenvalue weighted by Gasteiger charge is -2.11. The first-order valence-electron chi connectivity index (χ1n) is 10.0. The lowest BCUT2D eigenvalue weighted by Crippen LogP contribution is -2.25. The molecule has 3 rings (SSSR count). The van der Waals surface area contributed by atoms with E-state index in [0.29, 0.717) is 6.42 Å². The van der Waals surface area contributed by atoms with Crippen molar-refractivity contribution in [1.82, 2.24) is 9.78 Å². The average Bonchev–Trinajstić information content (AvgIpc) is 3.16. The Morgan fingerprint density at radius 1 is 1.18 bits per heavy atom. The molecule has 0 saturated heterocycles. The van der Waals surface area contributed by atoms with Crippen LogP contribution in [0.4, 0.5) is 18.2 Å². The van der Waals surface area contributed by atoms with Gasteiger partial charge in [0.25, 0.3) is 5.56 Å². The van der Waals surface area contributed by atoms with Crippen molar-refractivity contribution < 1.29 is 32.2 Å². The molecule has 176 valence electrons. The Hall–Kier alpha value is -3.41. The number of unbranched alkanes of at least 4 members (excludes halogenated alkanes) is 1. The van der Waals surface area contributed by atoms with E-state index in [4.69, 9.17) is 4.74 Å². The number of alkyl halides is 3. The van der Waals surface area contributed by atoms with Crippen LogP contribution in [-0.2, 0) is 9.53 Å². The van der Waals surface area contributed by atoms with Crippen molar-refractivity contribution in [3.63, 3.8) is 0 Å². The van der Waals surface area contributed by atoms with Crippen molar-refractivity contribution in [2.24, 2.45) is 0 Å². The molecule has 0 fully saturated rings. The molecule has 8 nitrogen and oxygen atoms in total. The second kappa shape index (κ2) is 10.0. The van der Waals surface area contributed by atoms with Gasteiger partial charge < -0.3 is 14.8 Å². The Balaban J connectivity index is 2.12. The van der Waals surface area contributed by atoms with Gasteiger partial charge in [-0.2, -0.15) is 9.78 Å². The molecular weight excluding hydrogens is 463 g/mol. The topological polar surface area (TPSA) is 99.5 Å². The molecule has 33 heavy (non-hydrogen) atoms. The molecule has 2 heterocycles. The number of ether oxygens (including phenoxy) is 2. The van der Waals surface area contributed by atoms with E-state index < -0.39 is 23.6 Å². The van der Waals surface area contributed by atoms with Gasteiger partial charge in [-0.05, 0) is 37.6 Å². The van der Waals surface area contributed by atoms with Gasteiger partial charge in [-0.3, -0.25) is 9.59 Å².